The number of amides is 2. The third-order valence-corrected chi connectivity index (χ3v) is 6.71. The zero-order valence-electron chi connectivity index (χ0n) is 21.5. The summed E-state index contributed by atoms with van der Waals surface area (Å²) in [7, 11) is 0. The van der Waals surface area contributed by atoms with Gasteiger partial charge in [-0.25, -0.2) is 4.79 Å². The predicted molar refractivity (Wildman–Crippen MR) is 139 cm³/mol. The standard InChI is InChI=1S/C27H43ClN2O5/c1-4-5-6-7-8-9-10-11-12-13-18-32-25-24-23(34-27(2,3)35-24)22(33-25)19-29-26(31)30-21-16-14-20(28)15-17-21/h14-17,22-25H,4-13,18-19H2,1-3H3,(H2,29,30,31)/t22-,23-,24-,25-/m0/s1. The van der Waals surface area contributed by atoms with Crippen LogP contribution in [0.1, 0.15) is 85.0 Å². The highest BCUT2D eigenvalue weighted by atomic mass is 35.5. The van der Waals surface area contributed by atoms with E-state index in [1.54, 1.807) is 24.3 Å². The van der Waals surface area contributed by atoms with E-state index in [0.29, 0.717) is 17.3 Å². The van der Waals surface area contributed by atoms with Gasteiger partial charge in [0.15, 0.2) is 12.1 Å². The van der Waals surface area contributed by atoms with Crippen LogP contribution in [0.25, 0.3) is 0 Å². The molecule has 0 bridgehead atoms. The highest BCUT2D eigenvalue weighted by molar-refractivity contribution is 6.30. The van der Waals surface area contributed by atoms with E-state index >= 15 is 0 Å². The lowest BCUT2D eigenvalue weighted by atomic mass is 10.1. The highest BCUT2D eigenvalue weighted by Crippen LogP contribution is 2.39. The molecule has 0 aliphatic carbocycles. The Labute approximate surface area is 215 Å². The molecule has 2 amide bonds. The molecule has 0 unspecified atom stereocenters. The fourth-order valence-electron chi connectivity index (χ4n) is 4.63. The first-order chi connectivity index (χ1) is 16.9. The molecule has 1 aromatic rings. The molecule has 2 saturated heterocycles. The number of anilines is 1. The topological polar surface area (TPSA) is 78.1 Å². The normalized spacial score (nSPS) is 24.9. The van der Waals surface area contributed by atoms with Crippen LogP contribution in [0.3, 0.4) is 0 Å². The van der Waals surface area contributed by atoms with Gasteiger partial charge < -0.3 is 29.6 Å². The van der Waals surface area contributed by atoms with Gasteiger partial charge in [-0.1, -0.05) is 76.3 Å². The van der Waals surface area contributed by atoms with E-state index in [1.165, 1.54) is 51.4 Å². The van der Waals surface area contributed by atoms with Gasteiger partial charge >= 0.3 is 6.03 Å². The summed E-state index contributed by atoms with van der Waals surface area (Å²) in [5.41, 5.74) is 0.663. The summed E-state index contributed by atoms with van der Waals surface area (Å²) in [5, 5.41) is 6.27. The second kappa shape index (κ2) is 14.4. The Balaban J connectivity index is 1.34. The second-order valence-corrected chi connectivity index (χ2v) is 10.4. The van der Waals surface area contributed by atoms with Crippen molar-refractivity contribution >= 4 is 23.3 Å². The number of benzene rings is 1. The number of carbonyl (C=O) groups is 1. The van der Waals surface area contributed by atoms with Crippen molar-refractivity contribution in [2.24, 2.45) is 0 Å². The first-order valence-electron chi connectivity index (χ1n) is 13.3. The molecular weight excluding hydrogens is 468 g/mol. The summed E-state index contributed by atoms with van der Waals surface area (Å²) >= 11 is 5.89. The average molecular weight is 511 g/mol. The van der Waals surface area contributed by atoms with E-state index in [9.17, 15) is 4.79 Å². The molecule has 3 rings (SSSR count). The lowest BCUT2D eigenvalue weighted by Gasteiger charge is -2.24. The average Bonchev–Trinajstić information content (AvgIpc) is 3.30. The van der Waals surface area contributed by atoms with Crippen LogP contribution < -0.4 is 10.6 Å². The maximum atomic E-state index is 12.3. The lowest BCUT2D eigenvalue weighted by Crippen LogP contribution is -2.41. The summed E-state index contributed by atoms with van der Waals surface area (Å²) in [6.45, 7) is 6.96. The molecular formula is C27H43ClN2O5. The Hall–Kier alpha value is -1.38. The van der Waals surface area contributed by atoms with Crippen LogP contribution >= 0.6 is 11.6 Å². The van der Waals surface area contributed by atoms with E-state index in [-0.39, 0.29) is 30.9 Å². The van der Waals surface area contributed by atoms with Gasteiger partial charge in [0.1, 0.15) is 18.3 Å². The summed E-state index contributed by atoms with van der Waals surface area (Å²) in [5.74, 6) is -0.707. The Morgan fingerprint density at radius 3 is 2.20 bits per heavy atom. The van der Waals surface area contributed by atoms with Crippen molar-refractivity contribution in [1.29, 1.82) is 0 Å². The minimum absolute atomic E-state index is 0.290. The SMILES string of the molecule is CCCCCCCCCCCCO[C@H]1O[C@@H](CNC(=O)Nc2ccc(Cl)cc2)[C@@H]2OC(C)(C)O[C@H]12. The number of carbonyl (C=O) groups excluding carboxylic acids is 1. The third-order valence-electron chi connectivity index (χ3n) is 6.45. The smallest absolute Gasteiger partial charge is 0.319 e. The van der Waals surface area contributed by atoms with E-state index in [1.807, 2.05) is 13.8 Å². The molecule has 2 aliphatic rings. The lowest BCUT2D eigenvalue weighted by molar-refractivity contribution is -0.232. The molecule has 8 heteroatoms. The van der Waals surface area contributed by atoms with Crippen LogP contribution in [-0.2, 0) is 18.9 Å². The number of hydrogen-bond acceptors (Lipinski definition) is 5. The predicted octanol–water partition coefficient (Wildman–Crippen LogP) is 6.64. The van der Waals surface area contributed by atoms with Crippen LogP contribution in [0.4, 0.5) is 10.5 Å². The molecule has 7 nitrogen and oxygen atoms in total. The van der Waals surface area contributed by atoms with Crippen molar-refractivity contribution in [2.75, 3.05) is 18.5 Å². The first kappa shape index (κ1) is 28.2. The van der Waals surface area contributed by atoms with Gasteiger partial charge in [-0.3, -0.25) is 0 Å². The van der Waals surface area contributed by atoms with Crippen molar-refractivity contribution in [1.82, 2.24) is 5.32 Å². The molecule has 2 heterocycles. The van der Waals surface area contributed by atoms with Gasteiger partial charge in [0.05, 0.1) is 0 Å². The van der Waals surface area contributed by atoms with Crippen molar-refractivity contribution in [3.63, 3.8) is 0 Å². The third kappa shape index (κ3) is 9.54. The monoisotopic (exact) mass is 510 g/mol. The van der Waals surface area contributed by atoms with E-state index in [4.69, 9.17) is 30.5 Å². The molecule has 0 saturated carbocycles. The molecule has 1 aromatic carbocycles. The zero-order valence-corrected chi connectivity index (χ0v) is 22.3. The fourth-order valence-corrected chi connectivity index (χ4v) is 4.76. The maximum absolute atomic E-state index is 12.3. The Morgan fingerprint density at radius 1 is 0.943 bits per heavy atom. The number of halogens is 1. The van der Waals surface area contributed by atoms with E-state index in [2.05, 4.69) is 17.6 Å². The van der Waals surface area contributed by atoms with Gasteiger partial charge in [0.25, 0.3) is 0 Å². The molecule has 35 heavy (non-hydrogen) atoms. The zero-order chi connectivity index (χ0) is 25.1. The molecule has 198 valence electrons. The molecule has 2 aliphatic heterocycles. The Morgan fingerprint density at radius 2 is 1.54 bits per heavy atom. The van der Waals surface area contributed by atoms with Gasteiger partial charge in [0.2, 0.25) is 0 Å². The molecule has 0 spiro atoms. The van der Waals surface area contributed by atoms with Crippen LogP contribution in [0.5, 0.6) is 0 Å². The maximum Gasteiger partial charge on any atom is 0.319 e. The summed E-state index contributed by atoms with van der Waals surface area (Å²) < 4.78 is 24.3. The van der Waals surface area contributed by atoms with E-state index < -0.39 is 12.1 Å². The number of urea groups is 1. The summed E-state index contributed by atoms with van der Waals surface area (Å²) in [4.78, 5) is 12.3. The molecule has 0 radical (unpaired) electrons. The molecule has 2 fully saturated rings. The molecule has 4 atom stereocenters. The molecule has 2 N–H and O–H groups in total. The number of fused-ring (bicyclic) bond motifs is 1. The van der Waals surface area contributed by atoms with Crippen molar-refractivity contribution in [2.45, 2.75) is 115 Å². The number of rotatable bonds is 15. The van der Waals surface area contributed by atoms with E-state index in [0.717, 1.165) is 12.8 Å². The molecule has 0 aromatic heterocycles. The minimum Gasteiger partial charge on any atom is -0.350 e. The van der Waals surface area contributed by atoms with Gasteiger partial charge in [-0.2, -0.15) is 0 Å². The minimum atomic E-state index is -0.707. The number of nitrogens with one attached hydrogen (secondary N) is 2. The number of hydrogen-bond donors (Lipinski definition) is 2. The van der Waals surface area contributed by atoms with Crippen LogP contribution in [0, 0.1) is 0 Å². The fraction of sp³-hybridized carbons (Fsp3) is 0.741. The quantitative estimate of drug-likeness (QED) is 0.258. The summed E-state index contributed by atoms with van der Waals surface area (Å²) in [6, 6.07) is 6.63. The first-order valence-corrected chi connectivity index (χ1v) is 13.7. The highest BCUT2D eigenvalue weighted by Gasteiger charge is 2.55. The Bertz CT molecular complexity index is 760. The Kier molecular flexibility index (Phi) is 11.6. The van der Waals surface area contributed by atoms with Crippen molar-refractivity contribution < 1.29 is 23.7 Å². The largest absolute Gasteiger partial charge is 0.350 e. The van der Waals surface area contributed by atoms with Gasteiger partial charge in [-0.15, -0.1) is 0 Å². The number of ether oxygens (including phenoxy) is 4. The van der Waals surface area contributed by atoms with Crippen LogP contribution in [0.15, 0.2) is 24.3 Å². The van der Waals surface area contributed by atoms with Crippen LogP contribution in [0.2, 0.25) is 5.02 Å². The van der Waals surface area contributed by atoms with Crippen molar-refractivity contribution in [3.8, 4) is 0 Å². The van der Waals surface area contributed by atoms with Gasteiger partial charge in [0, 0.05) is 23.9 Å². The van der Waals surface area contributed by atoms with Crippen LogP contribution in [-0.4, -0.2) is 49.6 Å². The van der Waals surface area contributed by atoms with Gasteiger partial charge in [-0.05, 0) is 44.5 Å². The second-order valence-electron chi connectivity index (χ2n) is 10.0. The van der Waals surface area contributed by atoms with Crippen molar-refractivity contribution in [3.05, 3.63) is 29.3 Å². The number of unbranched alkanes of at least 4 members (excludes halogenated alkanes) is 9. The summed E-state index contributed by atoms with van der Waals surface area (Å²) in [6.07, 6.45) is 11.4.